The highest BCUT2D eigenvalue weighted by molar-refractivity contribution is 5.90. The van der Waals surface area contributed by atoms with Gasteiger partial charge in [0.2, 0.25) is 5.91 Å². The summed E-state index contributed by atoms with van der Waals surface area (Å²) < 4.78 is 6.82. The zero-order valence-electron chi connectivity index (χ0n) is 15.2. The first-order chi connectivity index (χ1) is 12.7. The Balaban J connectivity index is 1.64. The predicted molar refractivity (Wildman–Crippen MR) is 103 cm³/mol. The second-order valence-electron chi connectivity index (χ2n) is 6.94. The van der Waals surface area contributed by atoms with E-state index in [1.807, 2.05) is 24.3 Å². The first-order valence-corrected chi connectivity index (χ1v) is 9.28. The molecule has 0 spiro atoms. The zero-order valence-corrected chi connectivity index (χ0v) is 15.2. The summed E-state index contributed by atoms with van der Waals surface area (Å²) in [6.45, 7) is 0.432. The average Bonchev–Trinajstić information content (AvgIpc) is 3.17. The molecule has 26 heavy (non-hydrogen) atoms. The summed E-state index contributed by atoms with van der Waals surface area (Å²) >= 11 is 0. The van der Waals surface area contributed by atoms with E-state index in [9.17, 15) is 9.59 Å². The van der Waals surface area contributed by atoms with Crippen molar-refractivity contribution < 1.29 is 9.53 Å². The molecular weight excluding hydrogens is 328 g/mol. The molecule has 5 nitrogen and oxygen atoms in total. The van der Waals surface area contributed by atoms with E-state index < -0.39 is 0 Å². The number of aromatic nitrogens is 1. The third-order valence-electron chi connectivity index (χ3n) is 5.04. The van der Waals surface area contributed by atoms with Crippen LogP contribution in [0.1, 0.15) is 44.1 Å². The Labute approximate surface area is 154 Å². The number of amides is 1. The number of methoxy groups -OCH3 is 1. The Morgan fingerprint density at radius 1 is 1.23 bits per heavy atom. The molecule has 0 radical (unpaired) electrons. The van der Waals surface area contributed by atoms with Gasteiger partial charge in [0.05, 0.1) is 13.7 Å². The number of ether oxygens (including phenoxy) is 1. The molecule has 1 aromatic carbocycles. The molecule has 138 valence electrons. The first kappa shape index (κ1) is 18.2. The van der Waals surface area contributed by atoms with Crippen molar-refractivity contribution >= 4 is 11.6 Å². The lowest BCUT2D eigenvalue weighted by molar-refractivity contribution is -0.116. The second kappa shape index (κ2) is 8.70. The molecule has 5 heteroatoms. The topological polar surface area (TPSA) is 60.3 Å². The minimum Gasteiger partial charge on any atom is -0.497 e. The first-order valence-electron chi connectivity index (χ1n) is 9.28. The molecule has 0 atom stereocenters. The number of carbonyl (C=O) groups excluding carboxylic acids is 1. The number of pyridine rings is 1. The molecule has 1 aliphatic rings. The van der Waals surface area contributed by atoms with Crippen LogP contribution in [0.3, 0.4) is 0 Å². The van der Waals surface area contributed by atoms with Crippen LogP contribution in [-0.4, -0.2) is 17.6 Å². The lowest BCUT2D eigenvalue weighted by atomic mass is 10.0. The van der Waals surface area contributed by atoms with Crippen molar-refractivity contribution in [3.05, 3.63) is 58.5 Å². The molecule has 2 aromatic rings. The molecular formula is C21H26N2O3. The van der Waals surface area contributed by atoms with E-state index in [1.165, 1.54) is 25.7 Å². The van der Waals surface area contributed by atoms with Crippen LogP contribution in [0.25, 0.3) is 0 Å². The Bertz CT molecular complexity index is 807. The molecule has 1 N–H and O–H groups in total. The number of anilines is 1. The number of carbonyl (C=O) groups is 1. The predicted octanol–water partition coefficient (Wildman–Crippen LogP) is 3.81. The fourth-order valence-corrected chi connectivity index (χ4v) is 3.57. The minimum absolute atomic E-state index is 0.0758. The fraction of sp³-hybridized carbons (Fsp3) is 0.429. The Hall–Kier alpha value is -2.56. The van der Waals surface area contributed by atoms with Crippen molar-refractivity contribution in [2.45, 2.75) is 45.1 Å². The summed E-state index contributed by atoms with van der Waals surface area (Å²) in [7, 11) is 1.62. The lowest BCUT2D eigenvalue weighted by Crippen LogP contribution is -2.25. The van der Waals surface area contributed by atoms with Crippen molar-refractivity contribution in [3.8, 4) is 5.75 Å². The van der Waals surface area contributed by atoms with Crippen LogP contribution >= 0.6 is 0 Å². The standard InChI is InChI=1S/C21H26N2O3/c1-26-18-9-4-8-17(14-18)15-23-13-5-10-19(21(23)25)22-20(24)12-11-16-6-2-3-7-16/h4-5,8-10,13-14,16H,2-3,6-7,11-12,15H2,1H3,(H,22,24). The SMILES string of the molecule is COc1cccc(Cn2cccc(NC(=O)CCC3CCCC3)c2=O)c1. The quantitative estimate of drug-likeness (QED) is 0.822. The molecule has 3 rings (SSSR count). The number of rotatable bonds is 7. The van der Waals surface area contributed by atoms with Crippen LogP contribution in [0.4, 0.5) is 5.69 Å². The van der Waals surface area contributed by atoms with Crippen LogP contribution in [0.5, 0.6) is 5.75 Å². The number of hydrogen-bond acceptors (Lipinski definition) is 3. The average molecular weight is 354 g/mol. The molecule has 1 fully saturated rings. The Morgan fingerprint density at radius 3 is 2.81 bits per heavy atom. The lowest BCUT2D eigenvalue weighted by Gasteiger charge is -2.11. The summed E-state index contributed by atoms with van der Waals surface area (Å²) in [4.78, 5) is 24.8. The van der Waals surface area contributed by atoms with E-state index in [0.717, 1.165) is 17.7 Å². The van der Waals surface area contributed by atoms with E-state index >= 15 is 0 Å². The van der Waals surface area contributed by atoms with Gasteiger partial charge < -0.3 is 14.6 Å². The summed E-state index contributed by atoms with van der Waals surface area (Å²) in [5, 5.41) is 2.79. The van der Waals surface area contributed by atoms with Crippen molar-refractivity contribution in [2.75, 3.05) is 12.4 Å². The number of hydrogen-bond donors (Lipinski definition) is 1. The van der Waals surface area contributed by atoms with Crippen molar-refractivity contribution in [1.29, 1.82) is 0 Å². The number of nitrogens with one attached hydrogen (secondary N) is 1. The van der Waals surface area contributed by atoms with Gasteiger partial charge in [-0.3, -0.25) is 9.59 Å². The van der Waals surface area contributed by atoms with E-state index in [1.54, 1.807) is 30.0 Å². The summed E-state index contributed by atoms with van der Waals surface area (Å²) in [5.41, 5.74) is 1.12. The van der Waals surface area contributed by atoms with E-state index in [-0.39, 0.29) is 11.5 Å². The van der Waals surface area contributed by atoms with Crippen LogP contribution in [0, 0.1) is 5.92 Å². The van der Waals surface area contributed by atoms with Gasteiger partial charge in [0.25, 0.3) is 5.56 Å². The largest absolute Gasteiger partial charge is 0.497 e. The summed E-state index contributed by atoms with van der Waals surface area (Å²) in [6, 6.07) is 11.1. The molecule has 1 aliphatic carbocycles. The van der Waals surface area contributed by atoms with Gasteiger partial charge in [-0.1, -0.05) is 37.8 Å². The van der Waals surface area contributed by atoms with Gasteiger partial charge in [-0.05, 0) is 42.2 Å². The second-order valence-corrected chi connectivity index (χ2v) is 6.94. The van der Waals surface area contributed by atoms with Crippen molar-refractivity contribution in [3.63, 3.8) is 0 Å². The van der Waals surface area contributed by atoms with Crippen LogP contribution in [0.15, 0.2) is 47.4 Å². The zero-order chi connectivity index (χ0) is 18.4. The Morgan fingerprint density at radius 2 is 2.04 bits per heavy atom. The smallest absolute Gasteiger partial charge is 0.274 e. The normalized spacial score (nSPS) is 14.3. The highest BCUT2D eigenvalue weighted by Gasteiger charge is 2.16. The van der Waals surface area contributed by atoms with Gasteiger partial charge in [-0.2, -0.15) is 0 Å². The Kier molecular flexibility index (Phi) is 6.10. The maximum atomic E-state index is 12.6. The van der Waals surface area contributed by atoms with Gasteiger partial charge in [0.1, 0.15) is 11.4 Å². The van der Waals surface area contributed by atoms with E-state index in [2.05, 4.69) is 5.32 Å². The van der Waals surface area contributed by atoms with Gasteiger partial charge in [0.15, 0.2) is 0 Å². The highest BCUT2D eigenvalue weighted by atomic mass is 16.5. The third-order valence-corrected chi connectivity index (χ3v) is 5.04. The van der Waals surface area contributed by atoms with Crippen molar-refractivity contribution in [2.24, 2.45) is 5.92 Å². The number of nitrogens with zero attached hydrogens (tertiary/aromatic N) is 1. The van der Waals surface area contributed by atoms with Crippen molar-refractivity contribution in [1.82, 2.24) is 4.57 Å². The van der Waals surface area contributed by atoms with E-state index in [0.29, 0.717) is 24.6 Å². The molecule has 0 saturated heterocycles. The van der Waals surface area contributed by atoms with Crippen LogP contribution < -0.4 is 15.6 Å². The molecule has 1 amide bonds. The molecule has 0 aliphatic heterocycles. The molecule has 1 saturated carbocycles. The summed E-state index contributed by atoms with van der Waals surface area (Å²) in [6.07, 6.45) is 8.14. The highest BCUT2D eigenvalue weighted by Crippen LogP contribution is 2.28. The van der Waals surface area contributed by atoms with E-state index in [4.69, 9.17) is 4.74 Å². The van der Waals surface area contributed by atoms with Gasteiger partial charge in [0, 0.05) is 12.6 Å². The monoisotopic (exact) mass is 354 g/mol. The van der Waals surface area contributed by atoms with Gasteiger partial charge in [-0.15, -0.1) is 0 Å². The van der Waals surface area contributed by atoms with Crippen LogP contribution in [0.2, 0.25) is 0 Å². The molecule has 0 bridgehead atoms. The van der Waals surface area contributed by atoms with Gasteiger partial charge >= 0.3 is 0 Å². The fourth-order valence-electron chi connectivity index (χ4n) is 3.57. The minimum atomic E-state index is -0.190. The molecule has 0 unspecified atom stereocenters. The van der Waals surface area contributed by atoms with Gasteiger partial charge in [-0.25, -0.2) is 0 Å². The maximum absolute atomic E-state index is 12.6. The van der Waals surface area contributed by atoms with Crippen LogP contribution in [-0.2, 0) is 11.3 Å². The summed E-state index contributed by atoms with van der Waals surface area (Å²) in [5.74, 6) is 1.35. The third kappa shape index (κ3) is 4.75. The number of benzene rings is 1. The molecule has 1 aromatic heterocycles. The molecule has 1 heterocycles. The maximum Gasteiger partial charge on any atom is 0.274 e.